The number of hydrogen-bond donors (Lipinski definition) is 0. The van der Waals surface area contributed by atoms with Crippen LogP contribution in [0.1, 0.15) is 24.5 Å². The van der Waals surface area contributed by atoms with Gasteiger partial charge >= 0.3 is 0 Å². The monoisotopic (exact) mass is 222 g/mol. The van der Waals surface area contributed by atoms with Gasteiger partial charge in [0.1, 0.15) is 5.41 Å². The molecule has 2 nitrogen and oxygen atoms in total. The minimum atomic E-state index is -0.565. The molecule has 0 bridgehead atoms. The summed E-state index contributed by atoms with van der Waals surface area (Å²) in [6.07, 6.45) is 4.22. The lowest BCUT2D eigenvalue weighted by molar-refractivity contribution is 0.631. The largest absolute Gasteiger partial charge is 0.265 e. The molecular formula is C15H14N2. The third-order valence-electron chi connectivity index (χ3n) is 3.16. The van der Waals surface area contributed by atoms with E-state index in [1.165, 1.54) is 0 Å². The van der Waals surface area contributed by atoms with E-state index in [0.717, 1.165) is 17.5 Å². The molecule has 2 aromatic rings. The van der Waals surface area contributed by atoms with Crippen molar-refractivity contribution in [2.24, 2.45) is 0 Å². The van der Waals surface area contributed by atoms with Gasteiger partial charge in [-0.3, -0.25) is 4.98 Å². The van der Waals surface area contributed by atoms with Crippen LogP contribution in [0.5, 0.6) is 0 Å². The normalized spacial score (nSPS) is 13.6. The molecule has 0 amide bonds. The Labute approximate surface area is 102 Å². The highest BCUT2D eigenvalue weighted by Crippen LogP contribution is 2.34. The fourth-order valence-electron chi connectivity index (χ4n) is 2.14. The van der Waals surface area contributed by atoms with Gasteiger partial charge in [-0.2, -0.15) is 5.26 Å². The lowest BCUT2D eigenvalue weighted by Gasteiger charge is -2.26. The fraction of sp³-hybridized carbons (Fsp3) is 0.200. The summed E-state index contributed by atoms with van der Waals surface area (Å²) in [6.45, 7) is 2.04. The SMILES string of the molecule is CCC(C#N)(c1ccccc1)c1ccncc1. The molecule has 0 aliphatic rings. The highest BCUT2D eigenvalue weighted by Gasteiger charge is 2.32. The van der Waals surface area contributed by atoms with E-state index in [1.807, 2.05) is 49.4 Å². The molecule has 0 saturated carbocycles. The van der Waals surface area contributed by atoms with Crippen LogP contribution in [0.2, 0.25) is 0 Å². The minimum Gasteiger partial charge on any atom is -0.265 e. The van der Waals surface area contributed by atoms with Crippen LogP contribution in [-0.2, 0) is 5.41 Å². The zero-order valence-electron chi connectivity index (χ0n) is 9.80. The smallest absolute Gasteiger partial charge is 0.107 e. The first-order valence-corrected chi connectivity index (χ1v) is 5.71. The molecule has 1 aromatic carbocycles. The Kier molecular flexibility index (Phi) is 3.20. The van der Waals surface area contributed by atoms with Gasteiger partial charge in [-0.05, 0) is 29.7 Å². The van der Waals surface area contributed by atoms with E-state index in [0.29, 0.717) is 0 Å². The summed E-state index contributed by atoms with van der Waals surface area (Å²) in [7, 11) is 0. The van der Waals surface area contributed by atoms with E-state index in [4.69, 9.17) is 0 Å². The van der Waals surface area contributed by atoms with Gasteiger partial charge in [-0.1, -0.05) is 37.3 Å². The van der Waals surface area contributed by atoms with Gasteiger partial charge in [0.15, 0.2) is 0 Å². The Hall–Kier alpha value is -2.14. The molecule has 84 valence electrons. The summed E-state index contributed by atoms with van der Waals surface area (Å²) in [4.78, 5) is 4.01. The van der Waals surface area contributed by atoms with Crippen molar-refractivity contribution in [3.05, 3.63) is 66.0 Å². The van der Waals surface area contributed by atoms with Crippen LogP contribution in [0, 0.1) is 11.3 Å². The molecule has 2 rings (SSSR count). The van der Waals surface area contributed by atoms with Crippen molar-refractivity contribution in [1.82, 2.24) is 4.98 Å². The summed E-state index contributed by atoms with van der Waals surface area (Å²) in [5.74, 6) is 0. The zero-order valence-corrected chi connectivity index (χ0v) is 9.80. The summed E-state index contributed by atoms with van der Waals surface area (Å²) in [6, 6.07) is 16.2. The van der Waals surface area contributed by atoms with Crippen LogP contribution in [0.25, 0.3) is 0 Å². The number of rotatable bonds is 3. The summed E-state index contributed by atoms with van der Waals surface area (Å²) in [5.41, 5.74) is 1.48. The van der Waals surface area contributed by atoms with Crippen molar-refractivity contribution in [3.8, 4) is 6.07 Å². The Morgan fingerprint density at radius 3 is 2.18 bits per heavy atom. The van der Waals surface area contributed by atoms with Crippen LogP contribution in [0.15, 0.2) is 54.9 Å². The van der Waals surface area contributed by atoms with E-state index in [1.54, 1.807) is 12.4 Å². The lowest BCUT2D eigenvalue weighted by Crippen LogP contribution is -2.24. The topological polar surface area (TPSA) is 36.7 Å². The van der Waals surface area contributed by atoms with Gasteiger partial charge < -0.3 is 0 Å². The number of benzene rings is 1. The number of hydrogen-bond acceptors (Lipinski definition) is 2. The quantitative estimate of drug-likeness (QED) is 0.799. The molecule has 0 saturated heterocycles. The van der Waals surface area contributed by atoms with Crippen molar-refractivity contribution >= 4 is 0 Å². The molecule has 17 heavy (non-hydrogen) atoms. The Morgan fingerprint density at radius 1 is 1.06 bits per heavy atom. The van der Waals surface area contributed by atoms with Crippen molar-refractivity contribution in [2.75, 3.05) is 0 Å². The van der Waals surface area contributed by atoms with E-state index >= 15 is 0 Å². The van der Waals surface area contributed by atoms with E-state index in [-0.39, 0.29) is 0 Å². The predicted molar refractivity (Wildman–Crippen MR) is 67.4 cm³/mol. The predicted octanol–water partition coefficient (Wildman–Crippen LogP) is 3.30. The molecule has 0 aliphatic heterocycles. The first kappa shape index (κ1) is 11.3. The molecule has 2 heteroatoms. The van der Waals surface area contributed by atoms with Gasteiger partial charge in [0.2, 0.25) is 0 Å². The van der Waals surface area contributed by atoms with Crippen LogP contribution < -0.4 is 0 Å². The van der Waals surface area contributed by atoms with Gasteiger partial charge in [-0.25, -0.2) is 0 Å². The van der Waals surface area contributed by atoms with Gasteiger partial charge in [0.25, 0.3) is 0 Å². The molecule has 0 N–H and O–H groups in total. The first-order chi connectivity index (χ1) is 8.33. The van der Waals surface area contributed by atoms with Crippen LogP contribution in [0.3, 0.4) is 0 Å². The van der Waals surface area contributed by atoms with Crippen LogP contribution in [-0.4, -0.2) is 4.98 Å². The molecule has 0 fully saturated rings. The zero-order chi connectivity index (χ0) is 12.1. The minimum absolute atomic E-state index is 0.565. The van der Waals surface area contributed by atoms with E-state index in [2.05, 4.69) is 11.1 Å². The van der Waals surface area contributed by atoms with Crippen LogP contribution in [0.4, 0.5) is 0 Å². The lowest BCUT2D eigenvalue weighted by atomic mass is 9.74. The Morgan fingerprint density at radius 2 is 1.65 bits per heavy atom. The maximum atomic E-state index is 9.61. The Bertz CT molecular complexity index is 472. The highest BCUT2D eigenvalue weighted by atomic mass is 14.6. The third-order valence-corrected chi connectivity index (χ3v) is 3.16. The standard InChI is InChI=1S/C15H14N2/c1-2-15(12-16,13-6-4-3-5-7-13)14-8-10-17-11-9-14/h3-11H,2H2,1H3. The second-order valence-electron chi connectivity index (χ2n) is 3.97. The number of pyridine rings is 1. The number of nitrogens with zero attached hydrogens (tertiary/aromatic N) is 2. The summed E-state index contributed by atoms with van der Waals surface area (Å²) < 4.78 is 0. The molecular weight excluding hydrogens is 208 g/mol. The van der Waals surface area contributed by atoms with Crippen molar-refractivity contribution < 1.29 is 0 Å². The number of nitriles is 1. The average molecular weight is 222 g/mol. The molecule has 1 aromatic heterocycles. The summed E-state index contributed by atoms with van der Waals surface area (Å²) in [5, 5.41) is 9.61. The number of aromatic nitrogens is 1. The third kappa shape index (κ3) is 1.92. The molecule has 0 spiro atoms. The van der Waals surface area contributed by atoms with Crippen LogP contribution >= 0.6 is 0 Å². The molecule has 0 radical (unpaired) electrons. The van der Waals surface area contributed by atoms with Gasteiger partial charge in [-0.15, -0.1) is 0 Å². The molecule has 1 atom stereocenters. The molecule has 1 heterocycles. The van der Waals surface area contributed by atoms with Gasteiger partial charge in [0.05, 0.1) is 6.07 Å². The second-order valence-corrected chi connectivity index (χ2v) is 3.97. The fourth-order valence-corrected chi connectivity index (χ4v) is 2.14. The highest BCUT2D eigenvalue weighted by molar-refractivity contribution is 5.44. The molecule has 1 unspecified atom stereocenters. The maximum absolute atomic E-state index is 9.61. The van der Waals surface area contributed by atoms with Crippen molar-refractivity contribution in [2.45, 2.75) is 18.8 Å². The molecule has 0 aliphatic carbocycles. The maximum Gasteiger partial charge on any atom is 0.107 e. The van der Waals surface area contributed by atoms with Crippen molar-refractivity contribution in [1.29, 1.82) is 5.26 Å². The second kappa shape index (κ2) is 4.80. The van der Waals surface area contributed by atoms with Gasteiger partial charge in [0, 0.05) is 12.4 Å². The first-order valence-electron chi connectivity index (χ1n) is 5.71. The average Bonchev–Trinajstić information content (AvgIpc) is 2.43. The van der Waals surface area contributed by atoms with E-state index in [9.17, 15) is 5.26 Å². The summed E-state index contributed by atoms with van der Waals surface area (Å²) >= 11 is 0. The van der Waals surface area contributed by atoms with Crippen molar-refractivity contribution in [3.63, 3.8) is 0 Å². The Balaban J connectivity index is 2.60. The van der Waals surface area contributed by atoms with E-state index < -0.39 is 5.41 Å².